The molecule has 2 aromatic heterocycles. The number of fused-ring (bicyclic) bond motifs is 2. The molecule has 2 aromatic carbocycles. The third kappa shape index (κ3) is 3.07. The second-order valence-corrected chi connectivity index (χ2v) is 7.70. The maximum atomic E-state index is 13.6. The van der Waals surface area contributed by atoms with E-state index in [0.717, 1.165) is 51.7 Å². The Kier molecular flexibility index (Phi) is 4.06. The van der Waals surface area contributed by atoms with Gasteiger partial charge in [-0.2, -0.15) is 0 Å². The lowest BCUT2D eigenvalue weighted by atomic mass is 10.1. The highest BCUT2D eigenvalue weighted by Crippen LogP contribution is 2.35. The zero-order chi connectivity index (χ0) is 18.4. The Morgan fingerprint density at radius 3 is 2.89 bits per heavy atom. The summed E-state index contributed by atoms with van der Waals surface area (Å²) in [5.41, 5.74) is 4.19. The molecule has 1 saturated heterocycles. The van der Waals surface area contributed by atoms with Crippen molar-refractivity contribution >= 4 is 43.6 Å². The monoisotopic (exact) mass is 425 g/mol. The van der Waals surface area contributed by atoms with E-state index in [9.17, 15) is 4.39 Å². The van der Waals surface area contributed by atoms with Crippen molar-refractivity contribution in [2.75, 3.05) is 18.4 Å². The van der Waals surface area contributed by atoms with Gasteiger partial charge < -0.3 is 15.6 Å². The van der Waals surface area contributed by atoms with E-state index in [-0.39, 0.29) is 5.82 Å². The van der Waals surface area contributed by atoms with E-state index < -0.39 is 0 Å². The number of imidazole rings is 1. The van der Waals surface area contributed by atoms with E-state index in [2.05, 4.69) is 47.6 Å². The summed E-state index contributed by atoms with van der Waals surface area (Å²) in [6.45, 7) is 1.92. The van der Waals surface area contributed by atoms with Crippen molar-refractivity contribution in [2.24, 2.45) is 0 Å². The number of nitrogens with zero attached hydrogens (tertiary/aromatic N) is 2. The maximum Gasteiger partial charge on any atom is 0.142 e. The summed E-state index contributed by atoms with van der Waals surface area (Å²) in [4.78, 5) is 12.5. The fourth-order valence-corrected chi connectivity index (χ4v) is 3.95. The second-order valence-electron chi connectivity index (χ2n) is 6.79. The van der Waals surface area contributed by atoms with Gasteiger partial charge in [0, 0.05) is 28.6 Å². The number of aromatic amines is 1. The molecule has 1 aliphatic rings. The average Bonchev–Trinajstić information content (AvgIpc) is 3.31. The molecule has 0 aliphatic carbocycles. The highest BCUT2D eigenvalue weighted by molar-refractivity contribution is 9.10. The molecule has 0 bridgehead atoms. The van der Waals surface area contributed by atoms with Crippen LogP contribution in [0.25, 0.3) is 33.3 Å². The molecule has 1 fully saturated rings. The number of hydrogen-bond donors (Lipinski definition) is 3. The summed E-state index contributed by atoms with van der Waals surface area (Å²) in [5, 5.41) is 8.09. The molecule has 1 aliphatic heterocycles. The lowest BCUT2D eigenvalue weighted by Crippen LogP contribution is -2.22. The second kappa shape index (κ2) is 6.58. The minimum Gasteiger partial charge on any atom is -0.380 e. The quantitative estimate of drug-likeness (QED) is 0.453. The van der Waals surface area contributed by atoms with Gasteiger partial charge >= 0.3 is 0 Å². The molecular weight excluding hydrogens is 409 g/mol. The maximum absolute atomic E-state index is 13.6. The SMILES string of the molecule is Fc1ccc2nc(-c3cnc4ccc(Br)cc4c3N[C@H]3CCNC3)[nH]c2c1. The molecular formula is C20H17BrFN5. The Morgan fingerprint density at radius 1 is 1.15 bits per heavy atom. The van der Waals surface area contributed by atoms with E-state index in [4.69, 9.17) is 0 Å². The van der Waals surface area contributed by atoms with Gasteiger partial charge in [0.05, 0.1) is 27.8 Å². The molecule has 3 N–H and O–H groups in total. The van der Waals surface area contributed by atoms with Gasteiger partial charge in [-0.05, 0) is 49.4 Å². The zero-order valence-corrected chi connectivity index (χ0v) is 16.0. The van der Waals surface area contributed by atoms with Gasteiger partial charge in [0.1, 0.15) is 11.6 Å². The van der Waals surface area contributed by atoms with Crippen LogP contribution in [0.3, 0.4) is 0 Å². The fraction of sp³-hybridized carbons (Fsp3) is 0.200. The Morgan fingerprint density at radius 2 is 2.04 bits per heavy atom. The number of nitrogens with one attached hydrogen (secondary N) is 3. The van der Waals surface area contributed by atoms with E-state index in [0.29, 0.717) is 17.4 Å². The van der Waals surface area contributed by atoms with Crippen LogP contribution in [0.2, 0.25) is 0 Å². The number of aromatic nitrogens is 3. The van der Waals surface area contributed by atoms with Crippen molar-refractivity contribution in [3.8, 4) is 11.4 Å². The van der Waals surface area contributed by atoms with Crippen molar-refractivity contribution in [1.82, 2.24) is 20.3 Å². The number of anilines is 1. The number of rotatable bonds is 3. The fourth-order valence-electron chi connectivity index (χ4n) is 3.59. The molecule has 7 heteroatoms. The van der Waals surface area contributed by atoms with Crippen LogP contribution >= 0.6 is 15.9 Å². The molecule has 0 saturated carbocycles. The first kappa shape index (κ1) is 16.6. The minimum atomic E-state index is -0.284. The molecule has 1 atom stereocenters. The molecule has 0 amide bonds. The average molecular weight is 426 g/mol. The smallest absolute Gasteiger partial charge is 0.142 e. The van der Waals surface area contributed by atoms with Crippen molar-refractivity contribution < 1.29 is 4.39 Å². The van der Waals surface area contributed by atoms with E-state index in [1.165, 1.54) is 12.1 Å². The first-order valence-electron chi connectivity index (χ1n) is 8.88. The van der Waals surface area contributed by atoms with Crippen LogP contribution in [0.5, 0.6) is 0 Å². The van der Waals surface area contributed by atoms with Gasteiger partial charge in [0.15, 0.2) is 0 Å². The first-order chi connectivity index (χ1) is 13.2. The summed E-state index contributed by atoms with van der Waals surface area (Å²) in [6, 6.07) is 11.0. The van der Waals surface area contributed by atoms with Gasteiger partial charge in [0.25, 0.3) is 0 Å². The van der Waals surface area contributed by atoms with Crippen LogP contribution < -0.4 is 10.6 Å². The molecule has 5 nitrogen and oxygen atoms in total. The molecule has 0 radical (unpaired) electrons. The summed E-state index contributed by atoms with van der Waals surface area (Å²) in [7, 11) is 0. The lowest BCUT2D eigenvalue weighted by Gasteiger charge is -2.18. The van der Waals surface area contributed by atoms with Gasteiger partial charge in [-0.3, -0.25) is 4.98 Å². The van der Waals surface area contributed by atoms with Crippen LogP contribution in [-0.2, 0) is 0 Å². The van der Waals surface area contributed by atoms with Crippen LogP contribution in [0, 0.1) is 5.82 Å². The number of H-pyrrole nitrogens is 1. The Labute approximate surface area is 163 Å². The predicted octanol–water partition coefficient (Wildman–Crippen LogP) is 4.45. The van der Waals surface area contributed by atoms with Crippen molar-refractivity contribution in [2.45, 2.75) is 12.5 Å². The highest BCUT2D eigenvalue weighted by atomic mass is 79.9. The summed E-state index contributed by atoms with van der Waals surface area (Å²) >= 11 is 3.56. The highest BCUT2D eigenvalue weighted by Gasteiger charge is 2.20. The molecule has 0 spiro atoms. The molecule has 0 unspecified atom stereocenters. The van der Waals surface area contributed by atoms with Crippen molar-refractivity contribution in [3.05, 3.63) is 52.9 Å². The van der Waals surface area contributed by atoms with Crippen LogP contribution in [0.1, 0.15) is 6.42 Å². The summed E-state index contributed by atoms with van der Waals surface area (Å²) in [6.07, 6.45) is 2.89. The zero-order valence-electron chi connectivity index (χ0n) is 14.4. The van der Waals surface area contributed by atoms with E-state index in [1.807, 2.05) is 18.3 Å². The van der Waals surface area contributed by atoms with Crippen LogP contribution in [-0.4, -0.2) is 34.1 Å². The largest absolute Gasteiger partial charge is 0.380 e. The first-order valence-corrected chi connectivity index (χ1v) is 9.68. The van der Waals surface area contributed by atoms with Crippen LogP contribution in [0.15, 0.2) is 47.1 Å². The Hall–Kier alpha value is -2.51. The Balaban J connectivity index is 1.71. The van der Waals surface area contributed by atoms with Crippen molar-refractivity contribution in [1.29, 1.82) is 0 Å². The third-order valence-electron chi connectivity index (χ3n) is 4.94. The standard InChI is InChI=1S/C20H17BrFN5/c21-11-1-3-16-14(7-11)19(25-13-5-6-23-9-13)15(10-24-16)20-26-17-4-2-12(22)8-18(17)27-20/h1-4,7-8,10,13,23H,5-6,9H2,(H,24,25)(H,26,27)/t13-/m0/s1. The van der Waals surface area contributed by atoms with Gasteiger partial charge in [0.2, 0.25) is 0 Å². The molecule has 3 heterocycles. The number of benzene rings is 2. The van der Waals surface area contributed by atoms with Crippen LogP contribution in [0.4, 0.5) is 10.1 Å². The predicted molar refractivity (Wildman–Crippen MR) is 109 cm³/mol. The lowest BCUT2D eigenvalue weighted by molar-refractivity contribution is 0.629. The number of hydrogen-bond acceptors (Lipinski definition) is 4. The third-order valence-corrected chi connectivity index (χ3v) is 5.43. The molecule has 27 heavy (non-hydrogen) atoms. The number of halogens is 2. The summed E-state index contributed by atoms with van der Waals surface area (Å²) in [5.74, 6) is 0.395. The van der Waals surface area contributed by atoms with Crippen molar-refractivity contribution in [3.63, 3.8) is 0 Å². The minimum absolute atomic E-state index is 0.284. The summed E-state index contributed by atoms with van der Waals surface area (Å²) < 4.78 is 14.6. The number of pyridine rings is 1. The van der Waals surface area contributed by atoms with Gasteiger partial charge in [-0.25, -0.2) is 9.37 Å². The Bertz CT molecular complexity index is 1150. The molecule has 136 valence electrons. The van der Waals surface area contributed by atoms with Gasteiger partial charge in [-0.15, -0.1) is 0 Å². The normalized spacial score (nSPS) is 17.0. The molecule has 4 aromatic rings. The van der Waals surface area contributed by atoms with E-state index in [1.54, 1.807) is 6.07 Å². The molecule has 5 rings (SSSR count). The topological polar surface area (TPSA) is 65.6 Å². The van der Waals surface area contributed by atoms with E-state index >= 15 is 0 Å². The van der Waals surface area contributed by atoms with Gasteiger partial charge in [-0.1, -0.05) is 15.9 Å².